The van der Waals surface area contributed by atoms with Gasteiger partial charge in [0.2, 0.25) is 0 Å². The number of pyridine rings is 1. The molecule has 4 N–H and O–H groups in total. The van der Waals surface area contributed by atoms with Crippen LogP contribution in [-0.2, 0) is 6.42 Å². The summed E-state index contributed by atoms with van der Waals surface area (Å²) in [5.41, 5.74) is 15.5. The Morgan fingerprint density at radius 1 is 1.23 bits per heavy atom. The van der Waals surface area contributed by atoms with Crippen molar-refractivity contribution in [1.29, 1.82) is 5.26 Å². The molecule has 0 saturated heterocycles. The Labute approximate surface area is 176 Å². The van der Waals surface area contributed by atoms with E-state index in [0.717, 1.165) is 24.1 Å². The van der Waals surface area contributed by atoms with E-state index in [2.05, 4.69) is 11.1 Å². The van der Waals surface area contributed by atoms with Crippen LogP contribution in [-0.4, -0.2) is 17.4 Å². The van der Waals surface area contributed by atoms with Crippen LogP contribution in [0.3, 0.4) is 0 Å². The van der Waals surface area contributed by atoms with Crippen LogP contribution >= 0.6 is 11.3 Å². The second-order valence-corrected chi connectivity index (χ2v) is 8.05. The Hall–Kier alpha value is -3.83. The van der Waals surface area contributed by atoms with Gasteiger partial charge in [-0.05, 0) is 36.6 Å². The standard InChI is InChI=1S/C22H17N5O2S/c23-11-13-16(15-8-4-10-29-15)17-18(24)19(30-21(17)26-20(13)25)22(28)27-9-3-6-12-5-1-2-7-14(12)27/h1-2,4-5,7-8,10H,3,6,9,24H2,(H2,25,26). The van der Waals surface area contributed by atoms with Gasteiger partial charge in [0.15, 0.2) is 0 Å². The molecule has 4 aromatic rings. The lowest BCUT2D eigenvalue weighted by Gasteiger charge is -2.29. The minimum absolute atomic E-state index is 0.0833. The number of thiophene rings is 1. The number of hydrogen-bond acceptors (Lipinski definition) is 7. The first kappa shape index (κ1) is 18.2. The number of para-hydroxylation sites is 1. The van der Waals surface area contributed by atoms with Gasteiger partial charge in [0.25, 0.3) is 5.91 Å². The van der Waals surface area contributed by atoms with Gasteiger partial charge in [-0.15, -0.1) is 11.3 Å². The first-order valence-corrected chi connectivity index (χ1v) is 10.3. The summed E-state index contributed by atoms with van der Waals surface area (Å²) in [6.45, 7) is 0.619. The third kappa shape index (κ3) is 2.64. The molecule has 0 saturated carbocycles. The molecule has 30 heavy (non-hydrogen) atoms. The average molecular weight is 415 g/mol. The van der Waals surface area contributed by atoms with Crippen LogP contribution < -0.4 is 16.4 Å². The Kier molecular flexibility index (Phi) is 4.19. The molecule has 0 atom stereocenters. The Morgan fingerprint density at radius 2 is 2.07 bits per heavy atom. The predicted molar refractivity (Wildman–Crippen MR) is 117 cm³/mol. The van der Waals surface area contributed by atoms with Crippen molar-refractivity contribution in [1.82, 2.24) is 4.98 Å². The molecule has 8 heteroatoms. The summed E-state index contributed by atoms with van der Waals surface area (Å²) in [6, 6.07) is 13.4. The van der Waals surface area contributed by atoms with E-state index in [-0.39, 0.29) is 17.3 Å². The highest BCUT2D eigenvalue weighted by Crippen LogP contribution is 2.43. The van der Waals surface area contributed by atoms with Crippen molar-refractivity contribution in [2.24, 2.45) is 0 Å². The molecule has 0 spiro atoms. The van der Waals surface area contributed by atoms with E-state index < -0.39 is 0 Å². The van der Waals surface area contributed by atoms with Gasteiger partial charge in [0.05, 0.1) is 17.5 Å². The van der Waals surface area contributed by atoms with E-state index in [1.807, 2.05) is 24.3 Å². The number of nitrogens with two attached hydrogens (primary N) is 2. The maximum Gasteiger partial charge on any atom is 0.270 e. The van der Waals surface area contributed by atoms with Crippen molar-refractivity contribution >= 4 is 44.7 Å². The molecular weight excluding hydrogens is 398 g/mol. The molecule has 0 unspecified atom stereocenters. The van der Waals surface area contributed by atoms with E-state index in [1.165, 1.54) is 17.6 Å². The van der Waals surface area contributed by atoms with Gasteiger partial charge in [-0.25, -0.2) is 4.98 Å². The maximum atomic E-state index is 13.5. The molecule has 1 amide bonds. The number of carbonyl (C=O) groups is 1. The SMILES string of the molecule is N#Cc1c(N)nc2sc(C(=O)N3CCCc4ccccc43)c(N)c2c1-c1ccco1. The molecule has 0 radical (unpaired) electrons. The van der Waals surface area contributed by atoms with Gasteiger partial charge >= 0.3 is 0 Å². The van der Waals surface area contributed by atoms with Crippen LogP contribution in [0.2, 0.25) is 0 Å². The Bertz CT molecular complexity index is 1330. The number of anilines is 3. The molecule has 7 nitrogen and oxygen atoms in total. The predicted octanol–water partition coefficient (Wildman–Crippen LogP) is 4.19. The number of benzene rings is 1. The normalized spacial score (nSPS) is 13.2. The highest BCUT2D eigenvalue weighted by Gasteiger charge is 2.30. The summed E-state index contributed by atoms with van der Waals surface area (Å²) in [4.78, 5) is 20.5. The quantitative estimate of drug-likeness (QED) is 0.506. The van der Waals surface area contributed by atoms with Crippen molar-refractivity contribution in [2.45, 2.75) is 12.8 Å². The van der Waals surface area contributed by atoms with E-state index in [1.54, 1.807) is 17.0 Å². The highest BCUT2D eigenvalue weighted by molar-refractivity contribution is 7.21. The van der Waals surface area contributed by atoms with Gasteiger partial charge in [-0.3, -0.25) is 4.79 Å². The number of fused-ring (bicyclic) bond motifs is 2. The molecule has 1 aliphatic rings. The molecule has 4 heterocycles. The van der Waals surface area contributed by atoms with Crippen molar-refractivity contribution in [3.8, 4) is 17.4 Å². The maximum absolute atomic E-state index is 13.5. The molecule has 5 rings (SSSR count). The molecule has 148 valence electrons. The second-order valence-electron chi connectivity index (χ2n) is 7.05. The largest absolute Gasteiger partial charge is 0.464 e. The second kappa shape index (κ2) is 6.90. The number of nitriles is 1. The van der Waals surface area contributed by atoms with Gasteiger partial charge in [0, 0.05) is 17.6 Å². The number of nitrogen functional groups attached to an aromatic ring is 2. The lowest BCUT2D eigenvalue weighted by Crippen LogP contribution is -2.35. The summed E-state index contributed by atoms with van der Waals surface area (Å²) >= 11 is 1.19. The molecule has 0 bridgehead atoms. The lowest BCUT2D eigenvalue weighted by molar-refractivity contribution is 0.0990. The van der Waals surface area contributed by atoms with Gasteiger partial charge < -0.3 is 20.8 Å². The van der Waals surface area contributed by atoms with Gasteiger partial charge in [-0.2, -0.15) is 5.26 Å². The van der Waals surface area contributed by atoms with Crippen LogP contribution in [0.5, 0.6) is 0 Å². The fraction of sp³-hybridized carbons (Fsp3) is 0.136. The fourth-order valence-corrected chi connectivity index (χ4v) is 5.04. The zero-order chi connectivity index (χ0) is 20.8. The minimum Gasteiger partial charge on any atom is -0.464 e. The number of aromatic nitrogens is 1. The average Bonchev–Trinajstić information content (AvgIpc) is 3.40. The van der Waals surface area contributed by atoms with Gasteiger partial charge in [0.1, 0.15) is 32.9 Å². The number of furan rings is 1. The van der Waals surface area contributed by atoms with Crippen LogP contribution in [0.25, 0.3) is 21.5 Å². The van der Waals surface area contributed by atoms with E-state index >= 15 is 0 Å². The molecule has 0 aliphatic carbocycles. The topological polar surface area (TPSA) is 122 Å². The Morgan fingerprint density at radius 3 is 2.83 bits per heavy atom. The first-order valence-electron chi connectivity index (χ1n) is 9.45. The third-order valence-corrected chi connectivity index (χ3v) is 6.42. The summed E-state index contributed by atoms with van der Waals surface area (Å²) in [5, 5.41) is 10.2. The van der Waals surface area contributed by atoms with Crippen LogP contribution in [0.15, 0.2) is 47.1 Å². The van der Waals surface area contributed by atoms with Gasteiger partial charge in [-0.1, -0.05) is 18.2 Å². The zero-order valence-electron chi connectivity index (χ0n) is 15.9. The van der Waals surface area contributed by atoms with Crippen LogP contribution in [0, 0.1) is 11.3 Å². The molecule has 0 fully saturated rings. The number of amides is 1. The van der Waals surface area contributed by atoms with Crippen molar-refractivity contribution in [3.63, 3.8) is 0 Å². The highest BCUT2D eigenvalue weighted by atomic mass is 32.1. The third-order valence-electron chi connectivity index (χ3n) is 5.33. The van der Waals surface area contributed by atoms with E-state index in [0.29, 0.717) is 38.6 Å². The smallest absolute Gasteiger partial charge is 0.270 e. The summed E-state index contributed by atoms with van der Waals surface area (Å²) < 4.78 is 5.53. The van der Waals surface area contributed by atoms with E-state index in [9.17, 15) is 10.1 Å². The molecule has 3 aromatic heterocycles. The summed E-state index contributed by atoms with van der Waals surface area (Å²) in [6.07, 6.45) is 3.33. The number of hydrogen-bond donors (Lipinski definition) is 2. The number of nitrogens with zero attached hydrogens (tertiary/aromatic N) is 3. The monoisotopic (exact) mass is 415 g/mol. The lowest BCUT2D eigenvalue weighted by atomic mass is 10.0. The number of aryl methyl sites for hydroxylation is 1. The van der Waals surface area contributed by atoms with Crippen molar-refractivity contribution < 1.29 is 9.21 Å². The number of rotatable bonds is 2. The molecular formula is C22H17N5O2S. The van der Waals surface area contributed by atoms with Crippen LogP contribution in [0.4, 0.5) is 17.2 Å². The van der Waals surface area contributed by atoms with Crippen molar-refractivity contribution in [2.75, 3.05) is 22.9 Å². The van der Waals surface area contributed by atoms with E-state index in [4.69, 9.17) is 15.9 Å². The Balaban J connectivity index is 1.71. The molecule has 1 aromatic carbocycles. The fourth-order valence-electron chi connectivity index (χ4n) is 3.98. The first-order chi connectivity index (χ1) is 14.6. The number of carbonyl (C=O) groups excluding carboxylic acids is 1. The summed E-state index contributed by atoms with van der Waals surface area (Å²) in [7, 11) is 0. The molecule has 1 aliphatic heterocycles. The summed E-state index contributed by atoms with van der Waals surface area (Å²) in [5.74, 6) is 0.363. The van der Waals surface area contributed by atoms with Crippen LogP contribution in [0.1, 0.15) is 27.2 Å². The minimum atomic E-state index is -0.176. The zero-order valence-corrected chi connectivity index (χ0v) is 16.7. The van der Waals surface area contributed by atoms with Crippen molar-refractivity contribution in [3.05, 3.63) is 58.7 Å².